The molecule has 1 unspecified atom stereocenters. The van der Waals surface area contributed by atoms with E-state index in [2.05, 4.69) is 31.8 Å². The zero-order chi connectivity index (χ0) is 22.0. The number of aliphatic hydroxyl groups excluding tert-OH is 1. The Bertz CT molecular complexity index is 1080. The highest BCUT2D eigenvalue weighted by Crippen LogP contribution is 2.34. The van der Waals surface area contributed by atoms with Crippen molar-refractivity contribution in [2.75, 3.05) is 5.32 Å². The van der Waals surface area contributed by atoms with Gasteiger partial charge in [0.2, 0.25) is 5.95 Å². The predicted octanol–water partition coefficient (Wildman–Crippen LogP) is 3.86. The number of anilines is 2. The van der Waals surface area contributed by atoms with E-state index < -0.39 is 12.3 Å². The molecule has 8 nitrogen and oxygen atoms in total. The number of benzene rings is 1. The second kappa shape index (κ2) is 8.84. The lowest BCUT2D eigenvalue weighted by atomic mass is 10.0. The summed E-state index contributed by atoms with van der Waals surface area (Å²) in [6.45, 7) is 5.85. The molecule has 1 fully saturated rings. The molecule has 0 bridgehead atoms. The fraction of sp³-hybridized carbons (Fsp3) is 0.391. The molecule has 1 aliphatic carbocycles. The minimum atomic E-state index is -0.909. The van der Waals surface area contributed by atoms with E-state index in [9.17, 15) is 10.4 Å². The zero-order valence-electron chi connectivity index (χ0n) is 17.9. The summed E-state index contributed by atoms with van der Waals surface area (Å²) in [5.74, 6) is 0.611. The maximum Gasteiger partial charge on any atom is 0.227 e. The van der Waals surface area contributed by atoms with E-state index in [1.807, 2.05) is 55.9 Å². The van der Waals surface area contributed by atoms with Gasteiger partial charge < -0.3 is 10.4 Å². The Balaban J connectivity index is 1.49. The third-order valence-corrected chi connectivity index (χ3v) is 5.39. The van der Waals surface area contributed by atoms with Gasteiger partial charge in [0.15, 0.2) is 0 Å². The summed E-state index contributed by atoms with van der Waals surface area (Å²) in [4.78, 5) is 9.08. The highest BCUT2D eigenvalue weighted by atomic mass is 16.3. The Kier molecular flexibility index (Phi) is 5.98. The lowest BCUT2D eigenvalue weighted by molar-refractivity contribution is 0.124. The largest absolute Gasteiger partial charge is 0.374 e. The summed E-state index contributed by atoms with van der Waals surface area (Å²) >= 11 is 0. The molecular weight excluding hydrogens is 390 g/mol. The van der Waals surface area contributed by atoms with Crippen molar-refractivity contribution in [3.63, 3.8) is 0 Å². The number of aromatic nitrogens is 4. The molecule has 3 N–H and O–H groups in total. The van der Waals surface area contributed by atoms with Crippen LogP contribution in [-0.2, 0) is 0 Å². The van der Waals surface area contributed by atoms with E-state index in [4.69, 9.17) is 0 Å². The van der Waals surface area contributed by atoms with Gasteiger partial charge in [-0.05, 0) is 36.8 Å². The molecule has 1 aliphatic rings. The number of hydrogen-bond acceptors (Lipinski definition) is 7. The molecule has 0 radical (unpaired) electrons. The molecule has 2 atom stereocenters. The standard InChI is InChI=1S/C23H27N7O/c1-14(2)20(10-24)28-22(31)17-6-4-16(5-7-17)21-15(3)11-25-23(29-21)27-18-12-26-30(13-18)19-8-9-19/h4-7,11-14,19-20,22,28,31H,8-9H2,1-3H3,(H,25,27,29)/t20-,22?/m1/s1. The second-order valence-electron chi connectivity index (χ2n) is 8.33. The average Bonchev–Trinajstić information content (AvgIpc) is 3.52. The number of aliphatic hydroxyl groups is 1. The van der Waals surface area contributed by atoms with E-state index in [1.165, 1.54) is 12.8 Å². The maximum atomic E-state index is 10.4. The Morgan fingerprint density at radius 1 is 1.19 bits per heavy atom. The fourth-order valence-electron chi connectivity index (χ4n) is 3.33. The predicted molar refractivity (Wildman–Crippen MR) is 118 cm³/mol. The topological polar surface area (TPSA) is 112 Å². The van der Waals surface area contributed by atoms with Gasteiger partial charge in [0.1, 0.15) is 6.23 Å². The molecule has 2 aromatic heterocycles. The summed E-state index contributed by atoms with van der Waals surface area (Å²) < 4.78 is 1.98. The smallest absolute Gasteiger partial charge is 0.227 e. The van der Waals surface area contributed by atoms with Gasteiger partial charge in [-0.25, -0.2) is 9.97 Å². The second-order valence-corrected chi connectivity index (χ2v) is 8.33. The van der Waals surface area contributed by atoms with Gasteiger partial charge in [-0.2, -0.15) is 10.4 Å². The van der Waals surface area contributed by atoms with Crippen molar-refractivity contribution < 1.29 is 5.11 Å². The summed E-state index contributed by atoms with van der Waals surface area (Å²) in [5.41, 5.74) is 4.26. The fourth-order valence-corrected chi connectivity index (χ4v) is 3.33. The van der Waals surface area contributed by atoms with Gasteiger partial charge in [0, 0.05) is 18.0 Å². The van der Waals surface area contributed by atoms with E-state index in [0.717, 1.165) is 22.5 Å². The number of hydrogen-bond donors (Lipinski definition) is 3. The summed E-state index contributed by atoms with van der Waals surface area (Å²) in [6, 6.07) is 9.81. The molecule has 160 valence electrons. The molecule has 1 saturated carbocycles. The SMILES string of the molecule is Cc1cnc(Nc2cnn(C3CC3)c2)nc1-c1ccc(C(O)N[C@H](C#N)C(C)C)cc1. The first-order valence-corrected chi connectivity index (χ1v) is 10.5. The number of rotatable bonds is 8. The van der Waals surface area contributed by atoms with E-state index in [1.54, 1.807) is 12.4 Å². The van der Waals surface area contributed by atoms with Gasteiger partial charge in [0.05, 0.1) is 35.7 Å². The Morgan fingerprint density at radius 3 is 2.58 bits per heavy atom. The molecule has 8 heteroatoms. The van der Waals surface area contributed by atoms with Crippen molar-refractivity contribution in [1.82, 2.24) is 25.1 Å². The van der Waals surface area contributed by atoms with Gasteiger partial charge in [-0.15, -0.1) is 0 Å². The van der Waals surface area contributed by atoms with Gasteiger partial charge in [-0.3, -0.25) is 10.00 Å². The Morgan fingerprint density at radius 2 is 1.94 bits per heavy atom. The molecule has 1 aromatic carbocycles. The third kappa shape index (κ3) is 4.90. The van der Waals surface area contributed by atoms with Gasteiger partial charge >= 0.3 is 0 Å². The minimum Gasteiger partial charge on any atom is -0.374 e. The molecule has 4 rings (SSSR count). The number of nitriles is 1. The molecule has 2 heterocycles. The Labute approximate surface area is 182 Å². The summed E-state index contributed by atoms with van der Waals surface area (Å²) in [6.07, 6.45) is 7.02. The van der Waals surface area contributed by atoms with Gasteiger partial charge in [0.25, 0.3) is 0 Å². The highest BCUT2D eigenvalue weighted by molar-refractivity contribution is 5.65. The average molecular weight is 418 g/mol. The summed E-state index contributed by atoms with van der Waals surface area (Å²) in [7, 11) is 0. The summed E-state index contributed by atoms with van der Waals surface area (Å²) in [5, 5.41) is 30.2. The minimum absolute atomic E-state index is 0.102. The van der Waals surface area contributed by atoms with Crippen molar-refractivity contribution in [3.05, 3.63) is 54.0 Å². The van der Waals surface area contributed by atoms with Crippen LogP contribution in [0, 0.1) is 24.2 Å². The normalized spacial score (nSPS) is 15.5. The first kappa shape index (κ1) is 21.0. The lowest BCUT2D eigenvalue weighted by Gasteiger charge is -2.20. The maximum absolute atomic E-state index is 10.4. The number of nitrogens with zero attached hydrogens (tertiary/aromatic N) is 5. The quantitative estimate of drug-likeness (QED) is 0.477. The highest BCUT2D eigenvalue weighted by Gasteiger charge is 2.24. The molecule has 0 saturated heterocycles. The van der Waals surface area contributed by atoms with Crippen LogP contribution in [0.15, 0.2) is 42.9 Å². The van der Waals surface area contributed by atoms with Crippen molar-refractivity contribution in [1.29, 1.82) is 5.26 Å². The van der Waals surface area contributed by atoms with Crippen molar-refractivity contribution in [2.24, 2.45) is 5.92 Å². The van der Waals surface area contributed by atoms with Crippen LogP contribution >= 0.6 is 0 Å². The van der Waals surface area contributed by atoms with Crippen LogP contribution in [0.4, 0.5) is 11.6 Å². The zero-order valence-corrected chi connectivity index (χ0v) is 17.9. The number of aryl methyl sites for hydroxylation is 1. The molecule has 0 aliphatic heterocycles. The van der Waals surface area contributed by atoms with Gasteiger partial charge in [-0.1, -0.05) is 38.1 Å². The van der Waals surface area contributed by atoms with E-state index in [-0.39, 0.29) is 5.92 Å². The molecule has 0 amide bonds. The van der Waals surface area contributed by atoms with Crippen molar-refractivity contribution >= 4 is 11.6 Å². The van der Waals surface area contributed by atoms with Crippen LogP contribution < -0.4 is 10.6 Å². The van der Waals surface area contributed by atoms with Crippen molar-refractivity contribution in [2.45, 2.75) is 51.9 Å². The number of nitrogens with one attached hydrogen (secondary N) is 2. The van der Waals surface area contributed by atoms with Crippen LogP contribution in [0.3, 0.4) is 0 Å². The first-order valence-electron chi connectivity index (χ1n) is 10.5. The van der Waals surface area contributed by atoms with E-state index in [0.29, 0.717) is 17.6 Å². The molecule has 0 spiro atoms. The van der Waals surface area contributed by atoms with E-state index >= 15 is 0 Å². The molecular formula is C23H27N7O. The third-order valence-electron chi connectivity index (χ3n) is 5.39. The van der Waals surface area contributed by atoms with Crippen LogP contribution in [-0.4, -0.2) is 30.9 Å². The molecule has 3 aromatic rings. The van der Waals surface area contributed by atoms with Crippen LogP contribution in [0.5, 0.6) is 0 Å². The van der Waals surface area contributed by atoms with Crippen LogP contribution in [0.1, 0.15) is 50.1 Å². The lowest BCUT2D eigenvalue weighted by Crippen LogP contribution is -2.35. The Hall–Kier alpha value is -3.28. The molecule has 31 heavy (non-hydrogen) atoms. The van der Waals surface area contributed by atoms with Crippen LogP contribution in [0.25, 0.3) is 11.3 Å². The van der Waals surface area contributed by atoms with Crippen LogP contribution in [0.2, 0.25) is 0 Å². The first-order chi connectivity index (χ1) is 14.9. The monoisotopic (exact) mass is 417 g/mol. The van der Waals surface area contributed by atoms with Crippen molar-refractivity contribution in [3.8, 4) is 17.3 Å².